The second-order valence-corrected chi connectivity index (χ2v) is 4.27. The minimum Gasteiger partial charge on any atom is -0.478 e. The summed E-state index contributed by atoms with van der Waals surface area (Å²) in [6.45, 7) is 0. The molecule has 5 heteroatoms. The van der Waals surface area contributed by atoms with E-state index in [1.54, 1.807) is 24.4 Å². The standard InChI is InChI=1S/C15H9FN2O2/c16-11-6-9-2-1-5-17-14(9)12(7-11)13-4-3-10(8-18-13)15(19)20/h1-8H,(H,19,20). The lowest BCUT2D eigenvalue weighted by Gasteiger charge is -2.06. The zero-order chi connectivity index (χ0) is 14.1. The summed E-state index contributed by atoms with van der Waals surface area (Å²) in [6, 6.07) is 9.22. The molecule has 20 heavy (non-hydrogen) atoms. The van der Waals surface area contributed by atoms with E-state index in [0.717, 1.165) is 0 Å². The van der Waals surface area contributed by atoms with Crippen LogP contribution in [0.1, 0.15) is 10.4 Å². The fourth-order valence-electron chi connectivity index (χ4n) is 2.03. The molecule has 4 nitrogen and oxygen atoms in total. The Balaban J connectivity index is 2.20. The summed E-state index contributed by atoms with van der Waals surface area (Å²) in [5.74, 6) is -1.43. The third kappa shape index (κ3) is 2.09. The SMILES string of the molecule is O=C(O)c1ccc(-c2cc(F)cc3cccnc23)nc1. The molecule has 1 N–H and O–H groups in total. The van der Waals surface area contributed by atoms with Gasteiger partial charge in [0.15, 0.2) is 0 Å². The van der Waals surface area contributed by atoms with E-state index < -0.39 is 5.97 Å². The Hall–Kier alpha value is -2.82. The van der Waals surface area contributed by atoms with Crippen LogP contribution in [0.5, 0.6) is 0 Å². The number of rotatable bonds is 2. The Kier molecular flexibility index (Phi) is 2.87. The predicted molar refractivity (Wildman–Crippen MR) is 71.9 cm³/mol. The lowest BCUT2D eigenvalue weighted by Crippen LogP contribution is -1.97. The first-order valence-electron chi connectivity index (χ1n) is 5.89. The van der Waals surface area contributed by atoms with E-state index in [9.17, 15) is 9.18 Å². The second kappa shape index (κ2) is 4.70. The third-order valence-corrected chi connectivity index (χ3v) is 2.96. The van der Waals surface area contributed by atoms with Gasteiger partial charge in [0.2, 0.25) is 0 Å². The molecule has 2 heterocycles. The molecule has 0 aliphatic rings. The number of benzene rings is 1. The number of nitrogens with zero attached hydrogens (tertiary/aromatic N) is 2. The highest BCUT2D eigenvalue weighted by Gasteiger charge is 2.10. The lowest BCUT2D eigenvalue weighted by molar-refractivity contribution is 0.0696. The van der Waals surface area contributed by atoms with Gasteiger partial charge in [0.1, 0.15) is 5.82 Å². The van der Waals surface area contributed by atoms with Crippen LogP contribution in [0.25, 0.3) is 22.2 Å². The molecule has 0 amide bonds. The largest absolute Gasteiger partial charge is 0.478 e. The number of hydrogen-bond donors (Lipinski definition) is 1. The van der Waals surface area contributed by atoms with Gasteiger partial charge in [-0.05, 0) is 30.3 Å². The van der Waals surface area contributed by atoms with Crippen LogP contribution in [0, 0.1) is 5.82 Å². The van der Waals surface area contributed by atoms with Crippen LogP contribution in [0.4, 0.5) is 4.39 Å². The number of halogens is 1. The van der Waals surface area contributed by atoms with Gasteiger partial charge in [-0.25, -0.2) is 9.18 Å². The molecule has 0 spiro atoms. The molecule has 3 aromatic rings. The number of carboxylic acids is 1. The van der Waals surface area contributed by atoms with E-state index in [2.05, 4.69) is 9.97 Å². The van der Waals surface area contributed by atoms with Crippen LogP contribution in [-0.4, -0.2) is 21.0 Å². The van der Waals surface area contributed by atoms with Gasteiger partial charge in [0.05, 0.1) is 16.8 Å². The molecule has 0 atom stereocenters. The van der Waals surface area contributed by atoms with Crippen molar-refractivity contribution in [2.24, 2.45) is 0 Å². The Morgan fingerprint density at radius 3 is 2.70 bits per heavy atom. The van der Waals surface area contributed by atoms with Gasteiger partial charge in [-0.2, -0.15) is 0 Å². The summed E-state index contributed by atoms with van der Waals surface area (Å²) in [7, 11) is 0. The van der Waals surface area contributed by atoms with E-state index in [1.165, 1.54) is 24.4 Å². The average Bonchev–Trinajstić information content (AvgIpc) is 2.46. The third-order valence-electron chi connectivity index (χ3n) is 2.96. The first kappa shape index (κ1) is 12.2. The van der Waals surface area contributed by atoms with Crippen LogP contribution < -0.4 is 0 Å². The van der Waals surface area contributed by atoms with Crippen LogP contribution in [0.2, 0.25) is 0 Å². The maximum atomic E-state index is 13.6. The minimum atomic E-state index is -1.05. The second-order valence-electron chi connectivity index (χ2n) is 4.27. The van der Waals surface area contributed by atoms with E-state index >= 15 is 0 Å². The summed E-state index contributed by atoms with van der Waals surface area (Å²) in [4.78, 5) is 19.1. The van der Waals surface area contributed by atoms with Crippen LogP contribution in [0.15, 0.2) is 48.8 Å². The normalized spacial score (nSPS) is 10.7. The molecule has 1 aromatic carbocycles. The summed E-state index contributed by atoms with van der Waals surface area (Å²) in [5.41, 5.74) is 1.74. The molecule has 0 radical (unpaired) electrons. The topological polar surface area (TPSA) is 63.1 Å². The smallest absolute Gasteiger partial charge is 0.337 e. The van der Waals surface area contributed by atoms with Gasteiger partial charge >= 0.3 is 5.97 Å². The fourth-order valence-corrected chi connectivity index (χ4v) is 2.03. The number of aromatic nitrogens is 2. The van der Waals surface area contributed by atoms with Crippen molar-refractivity contribution in [3.05, 3.63) is 60.2 Å². The highest BCUT2D eigenvalue weighted by atomic mass is 19.1. The quantitative estimate of drug-likeness (QED) is 0.775. The van der Waals surface area contributed by atoms with Crippen LogP contribution in [0.3, 0.4) is 0 Å². The molecule has 0 fully saturated rings. The summed E-state index contributed by atoms with van der Waals surface area (Å²) in [6.07, 6.45) is 2.87. The van der Waals surface area contributed by atoms with Crippen LogP contribution in [-0.2, 0) is 0 Å². The maximum absolute atomic E-state index is 13.6. The number of fused-ring (bicyclic) bond motifs is 1. The molecule has 98 valence electrons. The van der Waals surface area contributed by atoms with Gasteiger partial charge in [0, 0.05) is 23.3 Å². The van der Waals surface area contributed by atoms with Crippen molar-refractivity contribution in [1.29, 1.82) is 0 Å². The first-order valence-corrected chi connectivity index (χ1v) is 5.89. The summed E-state index contributed by atoms with van der Waals surface area (Å²) in [5, 5.41) is 9.52. The van der Waals surface area contributed by atoms with Crippen molar-refractivity contribution in [2.45, 2.75) is 0 Å². The molecular formula is C15H9FN2O2. The fraction of sp³-hybridized carbons (Fsp3) is 0. The van der Waals surface area contributed by atoms with Gasteiger partial charge in [-0.1, -0.05) is 6.07 Å². The molecule has 2 aromatic heterocycles. The monoisotopic (exact) mass is 268 g/mol. The Labute approximate surface area is 113 Å². The summed E-state index contributed by atoms with van der Waals surface area (Å²) < 4.78 is 13.6. The number of aromatic carboxylic acids is 1. The summed E-state index contributed by atoms with van der Waals surface area (Å²) >= 11 is 0. The van der Waals surface area contributed by atoms with Crippen molar-refractivity contribution in [3.8, 4) is 11.3 Å². The number of pyridine rings is 2. The van der Waals surface area contributed by atoms with E-state index in [4.69, 9.17) is 5.11 Å². The minimum absolute atomic E-state index is 0.0856. The Morgan fingerprint density at radius 1 is 1.15 bits per heavy atom. The molecule has 3 rings (SSSR count). The van der Waals surface area contributed by atoms with Crippen LogP contribution >= 0.6 is 0 Å². The van der Waals surface area contributed by atoms with Gasteiger partial charge in [0.25, 0.3) is 0 Å². The highest BCUT2D eigenvalue weighted by molar-refractivity contribution is 5.93. The highest BCUT2D eigenvalue weighted by Crippen LogP contribution is 2.27. The molecule has 0 saturated carbocycles. The first-order chi connectivity index (χ1) is 9.65. The van der Waals surface area contributed by atoms with Gasteiger partial charge in [-0.15, -0.1) is 0 Å². The van der Waals surface area contributed by atoms with Crippen molar-refractivity contribution in [1.82, 2.24) is 9.97 Å². The zero-order valence-electron chi connectivity index (χ0n) is 10.2. The molecule has 0 bridgehead atoms. The molecule has 0 aliphatic carbocycles. The van der Waals surface area contributed by atoms with E-state index in [0.29, 0.717) is 22.2 Å². The maximum Gasteiger partial charge on any atom is 0.337 e. The lowest BCUT2D eigenvalue weighted by atomic mass is 10.1. The Bertz CT molecular complexity index is 801. The van der Waals surface area contributed by atoms with Crippen molar-refractivity contribution < 1.29 is 14.3 Å². The average molecular weight is 268 g/mol. The predicted octanol–water partition coefficient (Wildman–Crippen LogP) is 3.13. The molecule has 0 saturated heterocycles. The number of hydrogen-bond acceptors (Lipinski definition) is 3. The van der Waals surface area contributed by atoms with E-state index in [-0.39, 0.29) is 11.4 Å². The van der Waals surface area contributed by atoms with Gasteiger partial charge < -0.3 is 5.11 Å². The zero-order valence-corrected chi connectivity index (χ0v) is 10.2. The van der Waals surface area contributed by atoms with Crippen molar-refractivity contribution in [2.75, 3.05) is 0 Å². The van der Waals surface area contributed by atoms with Crippen molar-refractivity contribution >= 4 is 16.9 Å². The van der Waals surface area contributed by atoms with Crippen molar-refractivity contribution in [3.63, 3.8) is 0 Å². The number of carboxylic acid groups (broad SMARTS) is 1. The number of carbonyl (C=O) groups is 1. The Morgan fingerprint density at radius 2 is 2.00 bits per heavy atom. The van der Waals surface area contributed by atoms with Gasteiger partial charge in [-0.3, -0.25) is 9.97 Å². The van der Waals surface area contributed by atoms with E-state index in [1.807, 2.05) is 0 Å². The molecule has 0 aliphatic heterocycles. The molecular weight excluding hydrogens is 259 g/mol. The molecule has 0 unspecified atom stereocenters.